The number of amides is 1. The summed E-state index contributed by atoms with van der Waals surface area (Å²) in [5.74, 6) is -0.917. The number of aryl methyl sites for hydroxylation is 1. The molecule has 0 fully saturated rings. The highest BCUT2D eigenvalue weighted by atomic mass is 19.1. The third-order valence-corrected chi connectivity index (χ3v) is 3.89. The second kappa shape index (κ2) is 6.20. The van der Waals surface area contributed by atoms with Gasteiger partial charge in [-0.15, -0.1) is 0 Å². The van der Waals surface area contributed by atoms with Gasteiger partial charge in [0.1, 0.15) is 17.3 Å². The van der Waals surface area contributed by atoms with Gasteiger partial charge in [-0.05, 0) is 48.7 Å². The van der Waals surface area contributed by atoms with Gasteiger partial charge in [0.05, 0.1) is 0 Å². The van der Waals surface area contributed by atoms with Gasteiger partial charge in [-0.2, -0.15) is 0 Å². The summed E-state index contributed by atoms with van der Waals surface area (Å²) in [5.41, 5.74) is 2.31. The molecule has 0 spiro atoms. The number of carbonyl (C=O) groups is 1. The lowest BCUT2D eigenvalue weighted by Crippen LogP contribution is -2.26. The van der Waals surface area contributed by atoms with E-state index in [1.165, 1.54) is 18.2 Å². The van der Waals surface area contributed by atoms with Crippen molar-refractivity contribution in [3.05, 3.63) is 70.9 Å². The Morgan fingerprint density at radius 2 is 1.96 bits per heavy atom. The van der Waals surface area contributed by atoms with Crippen LogP contribution in [-0.2, 0) is 6.42 Å². The predicted molar refractivity (Wildman–Crippen MR) is 85.4 cm³/mol. The number of halogens is 2. The summed E-state index contributed by atoms with van der Waals surface area (Å²) in [6.07, 6.45) is 0.409. The number of fused-ring (bicyclic) bond motifs is 1. The summed E-state index contributed by atoms with van der Waals surface area (Å²) >= 11 is 0. The first kappa shape index (κ1) is 15.2. The van der Waals surface area contributed by atoms with Crippen LogP contribution in [0.4, 0.5) is 8.78 Å². The highest BCUT2D eigenvalue weighted by Crippen LogP contribution is 2.22. The third-order valence-electron chi connectivity index (χ3n) is 3.89. The van der Waals surface area contributed by atoms with E-state index in [2.05, 4.69) is 10.3 Å². The largest absolute Gasteiger partial charge is 0.350 e. The molecule has 0 atom stereocenters. The number of hydrogen-bond donors (Lipinski definition) is 2. The molecule has 1 heterocycles. The monoisotopic (exact) mass is 314 g/mol. The van der Waals surface area contributed by atoms with E-state index in [9.17, 15) is 13.6 Å². The van der Waals surface area contributed by atoms with Crippen molar-refractivity contribution in [3.8, 4) is 0 Å². The number of aromatic nitrogens is 1. The molecule has 2 aromatic carbocycles. The molecular formula is C18H16F2N2O. The molecule has 0 radical (unpaired) electrons. The van der Waals surface area contributed by atoms with Crippen LogP contribution in [0.3, 0.4) is 0 Å². The number of nitrogens with one attached hydrogen (secondary N) is 2. The van der Waals surface area contributed by atoms with Crippen molar-refractivity contribution in [2.45, 2.75) is 13.3 Å². The Labute approximate surface area is 132 Å². The molecule has 5 heteroatoms. The fourth-order valence-electron chi connectivity index (χ4n) is 2.64. The summed E-state index contributed by atoms with van der Waals surface area (Å²) in [5, 5.41) is 3.57. The Hall–Kier alpha value is -2.69. The topological polar surface area (TPSA) is 44.9 Å². The molecule has 3 rings (SSSR count). The van der Waals surface area contributed by atoms with Crippen LogP contribution >= 0.6 is 0 Å². The third kappa shape index (κ3) is 3.08. The van der Waals surface area contributed by atoms with Crippen LogP contribution in [0.1, 0.15) is 21.6 Å². The minimum absolute atomic E-state index is 0.279. The fraction of sp³-hybridized carbons (Fsp3) is 0.167. The molecule has 3 nitrogen and oxygen atoms in total. The van der Waals surface area contributed by atoms with E-state index in [0.717, 1.165) is 10.9 Å². The van der Waals surface area contributed by atoms with Crippen LogP contribution in [0.15, 0.2) is 42.5 Å². The maximum atomic E-state index is 13.5. The normalized spacial score (nSPS) is 10.9. The SMILES string of the molecule is Cc1c(C(=O)NCCc2ccccc2F)[nH]c2cc(F)ccc12. The van der Waals surface area contributed by atoms with Crippen LogP contribution in [0.25, 0.3) is 10.9 Å². The number of carbonyl (C=O) groups excluding carboxylic acids is 1. The summed E-state index contributed by atoms with van der Waals surface area (Å²) in [6, 6.07) is 10.8. The van der Waals surface area contributed by atoms with Crippen molar-refractivity contribution in [2.75, 3.05) is 6.54 Å². The van der Waals surface area contributed by atoms with Crippen molar-refractivity contribution in [1.29, 1.82) is 0 Å². The van der Waals surface area contributed by atoms with Crippen molar-refractivity contribution in [3.63, 3.8) is 0 Å². The summed E-state index contributed by atoms with van der Waals surface area (Å²) in [7, 11) is 0. The Morgan fingerprint density at radius 3 is 2.74 bits per heavy atom. The Morgan fingerprint density at radius 1 is 1.17 bits per heavy atom. The van der Waals surface area contributed by atoms with Gasteiger partial charge in [-0.25, -0.2) is 8.78 Å². The van der Waals surface area contributed by atoms with E-state index >= 15 is 0 Å². The lowest BCUT2D eigenvalue weighted by molar-refractivity contribution is 0.0949. The van der Waals surface area contributed by atoms with E-state index in [0.29, 0.717) is 29.7 Å². The van der Waals surface area contributed by atoms with Gasteiger partial charge in [-0.1, -0.05) is 18.2 Å². The molecule has 118 valence electrons. The zero-order valence-corrected chi connectivity index (χ0v) is 12.6. The molecule has 0 saturated carbocycles. The number of rotatable bonds is 4. The van der Waals surface area contributed by atoms with Crippen LogP contribution in [0.5, 0.6) is 0 Å². The van der Waals surface area contributed by atoms with Crippen molar-refractivity contribution in [1.82, 2.24) is 10.3 Å². The van der Waals surface area contributed by atoms with Crippen LogP contribution in [-0.4, -0.2) is 17.4 Å². The molecule has 0 aliphatic rings. The quantitative estimate of drug-likeness (QED) is 0.757. The minimum atomic E-state index is -0.356. The molecule has 23 heavy (non-hydrogen) atoms. The lowest BCUT2D eigenvalue weighted by Gasteiger charge is -2.06. The molecular weight excluding hydrogens is 298 g/mol. The van der Waals surface area contributed by atoms with Crippen LogP contribution < -0.4 is 5.32 Å². The van der Waals surface area contributed by atoms with Gasteiger partial charge in [0, 0.05) is 17.4 Å². The van der Waals surface area contributed by atoms with E-state index in [4.69, 9.17) is 0 Å². The Balaban J connectivity index is 1.71. The molecule has 0 aliphatic heterocycles. The molecule has 0 saturated heterocycles. The first-order valence-electron chi connectivity index (χ1n) is 7.35. The lowest BCUT2D eigenvalue weighted by atomic mass is 10.1. The molecule has 1 amide bonds. The second-order valence-electron chi connectivity index (χ2n) is 5.41. The zero-order valence-electron chi connectivity index (χ0n) is 12.6. The second-order valence-corrected chi connectivity index (χ2v) is 5.41. The Bertz CT molecular complexity index is 871. The zero-order chi connectivity index (χ0) is 16.4. The number of H-pyrrole nitrogens is 1. The molecule has 1 aromatic heterocycles. The highest BCUT2D eigenvalue weighted by molar-refractivity contribution is 6.00. The van der Waals surface area contributed by atoms with Crippen molar-refractivity contribution in [2.24, 2.45) is 0 Å². The molecule has 3 aromatic rings. The maximum absolute atomic E-state index is 13.5. The molecule has 0 unspecified atom stereocenters. The summed E-state index contributed by atoms with van der Waals surface area (Å²) in [4.78, 5) is 15.2. The van der Waals surface area contributed by atoms with Gasteiger partial charge in [0.15, 0.2) is 0 Å². The van der Waals surface area contributed by atoms with E-state index in [-0.39, 0.29) is 17.5 Å². The standard InChI is InChI=1S/C18H16F2N2O/c1-11-14-7-6-13(19)10-16(14)22-17(11)18(23)21-9-8-12-4-2-3-5-15(12)20/h2-7,10,22H,8-9H2,1H3,(H,21,23). The van der Waals surface area contributed by atoms with Crippen molar-refractivity contribution >= 4 is 16.8 Å². The predicted octanol–water partition coefficient (Wildman–Crippen LogP) is 3.73. The number of hydrogen-bond acceptors (Lipinski definition) is 1. The summed E-state index contributed by atoms with van der Waals surface area (Å²) < 4.78 is 26.8. The van der Waals surface area contributed by atoms with Gasteiger partial charge in [0.25, 0.3) is 5.91 Å². The highest BCUT2D eigenvalue weighted by Gasteiger charge is 2.14. The number of benzene rings is 2. The molecule has 2 N–H and O–H groups in total. The number of aromatic amines is 1. The van der Waals surface area contributed by atoms with Crippen LogP contribution in [0, 0.1) is 18.6 Å². The molecule has 0 bridgehead atoms. The van der Waals surface area contributed by atoms with Gasteiger partial charge in [0.2, 0.25) is 0 Å². The van der Waals surface area contributed by atoms with Gasteiger partial charge in [-0.3, -0.25) is 4.79 Å². The summed E-state index contributed by atoms with van der Waals surface area (Å²) in [6.45, 7) is 2.13. The molecule has 0 aliphatic carbocycles. The Kier molecular flexibility index (Phi) is 4.10. The van der Waals surface area contributed by atoms with Gasteiger partial charge < -0.3 is 10.3 Å². The maximum Gasteiger partial charge on any atom is 0.268 e. The van der Waals surface area contributed by atoms with E-state index in [1.54, 1.807) is 24.3 Å². The average Bonchev–Trinajstić information content (AvgIpc) is 2.85. The van der Waals surface area contributed by atoms with Crippen molar-refractivity contribution < 1.29 is 13.6 Å². The minimum Gasteiger partial charge on any atom is -0.350 e. The fourth-order valence-corrected chi connectivity index (χ4v) is 2.64. The van der Waals surface area contributed by atoms with Crippen LogP contribution in [0.2, 0.25) is 0 Å². The van der Waals surface area contributed by atoms with E-state index in [1.807, 2.05) is 6.92 Å². The first-order chi connectivity index (χ1) is 11.1. The van der Waals surface area contributed by atoms with E-state index < -0.39 is 0 Å². The smallest absolute Gasteiger partial charge is 0.268 e. The van der Waals surface area contributed by atoms with Gasteiger partial charge >= 0.3 is 0 Å². The first-order valence-corrected chi connectivity index (χ1v) is 7.35. The average molecular weight is 314 g/mol.